The zero-order valence-electron chi connectivity index (χ0n) is 23.3. The second kappa shape index (κ2) is 12.9. The van der Waals surface area contributed by atoms with Gasteiger partial charge < -0.3 is 14.5 Å². The SMILES string of the molecule is CCCC1CCN(c2cc(N3CCC[C@H]3C(=O)CCCc3ccc(C(F)(F)F)cc3OC)nc(C(F)(F)F)n2)CC1. The predicted molar refractivity (Wildman–Crippen MR) is 143 cm³/mol. The van der Waals surface area contributed by atoms with E-state index in [0.29, 0.717) is 56.8 Å². The van der Waals surface area contributed by atoms with Gasteiger partial charge >= 0.3 is 12.4 Å². The zero-order chi connectivity index (χ0) is 29.8. The van der Waals surface area contributed by atoms with Crippen LogP contribution in [0.25, 0.3) is 0 Å². The van der Waals surface area contributed by atoms with Crippen molar-refractivity contribution in [2.45, 2.75) is 83.1 Å². The van der Waals surface area contributed by atoms with Crippen LogP contribution in [0.3, 0.4) is 0 Å². The van der Waals surface area contributed by atoms with Crippen LogP contribution in [0.15, 0.2) is 24.3 Å². The third-order valence-electron chi connectivity index (χ3n) is 7.99. The van der Waals surface area contributed by atoms with Gasteiger partial charge in [-0.3, -0.25) is 4.79 Å². The average Bonchev–Trinajstić information content (AvgIpc) is 3.43. The van der Waals surface area contributed by atoms with E-state index in [2.05, 4.69) is 16.9 Å². The van der Waals surface area contributed by atoms with Gasteiger partial charge in [0.2, 0.25) is 5.82 Å². The molecule has 41 heavy (non-hydrogen) atoms. The maximum absolute atomic E-state index is 13.8. The number of anilines is 2. The van der Waals surface area contributed by atoms with Crippen molar-refractivity contribution in [3.8, 4) is 5.75 Å². The van der Waals surface area contributed by atoms with E-state index in [1.165, 1.54) is 13.2 Å². The van der Waals surface area contributed by atoms with Crippen LogP contribution in [0, 0.1) is 5.92 Å². The zero-order valence-corrected chi connectivity index (χ0v) is 23.3. The second-order valence-electron chi connectivity index (χ2n) is 10.8. The highest BCUT2D eigenvalue weighted by Gasteiger charge is 2.39. The average molecular weight is 587 g/mol. The number of piperidine rings is 1. The van der Waals surface area contributed by atoms with E-state index in [1.54, 1.807) is 11.0 Å². The number of carbonyl (C=O) groups is 1. The van der Waals surface area contributed by atoms with Crippen molar-refractivity contribution in [3.05, 3.63) is 41.2 Å². The largest absolute Gasteiger partial charge is 0.496 e. The minimum atomic E-state index is -4.73. The Morgan fingerprint density at radius 3 is 2.32 bits per heavy atom. The molecule has 1 aromatic carbocycles. The fourth-order valence-corrected chi connectivity index (χ4v) is 5.84. The first-order chi connectivity index (χ1) is 19.4. The first-order valence-electron chi connectivity index (χ1n) is 14.2. The van der Waals surface area contributed by atoms with E-state index < -0.39 is 29.8 Å². The summed E-state index contributed by atoms with van der Waals surface area (Å²) in [5, 5.41) is 0. The Labute approximate surface area is 236 Å². The van der Waals surface area contributed by atoms with E-state index >= 15 is 0 Å². The van der Waals surface area contributed by atoms with Crippen LogP contribution in [0.4, 0.5) is 38.0 Å². The van der Waals surface area contributed by atoms with Gasteiger partial charge in [0.05, 0.1) is 18.7 Å². The summed E-state index contributed by atoms with van der Waals surface area (Å²) in [6.07, 6.45) is -3.34. The van der Waals surface area contributed by atoms with E-state index in [9.17, 15) is 31.1 Å². The highest BCUT2D eigenvalue weighted by atomic mass is 19.4. The van der Waals surface area contributed by atoms with Crippen LogP contribution in [-0.2, 0) is 23.6 Å². The molecule has 12 heteroatoms. The van der Waals surface area contributed by atoms with E-state index in [0.717, 1.165) is 37.8 Å². The fourth-order valence-electron chi connectivity index (χ4n) is 5.84. The number of Topliss-reactive ketones (excluding diaryl/α,β-unsaturated/α-hetero) is 1. The third kappa shape index (κ3) is 7.62. The summed E-state index contributed by atoms with van der Waals surface area (Å²) in [6.45, 7) is 3.76. The van der Waals surface area contributed by atoms with Crippen molar-refractivity contribution in [3.63, 3.8) is 0 Å². The molecule has 1 aromatic heterocycles. The lowest BCUT2D eigenvalue weighted by Crippen LogP contribution is -2.38. The molecule has 6 nitrogen and oxygen atoms in total. The summed E-state index contributed by atoms with van der Waals surface area (Å²) in [7, 11) is 1.29. The summed E-state index contributed by atoms with van der Waals surface area (Å²) in [6, 6.07) is 4.21. The normalized spacial score (nSPS) is 18.7. The highest BCUT2D eigenvalue weighted by Crippen LogP contribution is 2.36. The molecule has 0 aliphatic carbocycles. The van der Waals surface area contributed by atoms with Crippen molar-refractivity contribution in [2.24, 2.45) is 5.92 Å². The maximum Gasteiger partial charge on any atom is 0.451 e. The Morgan fingerprint density at radius 2 is 1.68 bits per heavy atom. The number of halogens is 6. The van der Waals surface area contributed by atoms with Crippen molar-refractivity contribution in [2.75, 3.05) is 36.5 Å². The molecule has 2 aromatic rings. The van der Waals surface area contributed by atoms with Gasteiger partial charge in [0.25, 0.3) is 0 Å². The molecule has 0 unspecified atom stereocenters. The van der Waals surface area contributed by atoms with Crippen LogP contribution in [0.1, 0.15) is 75.2 Å². The van der Waals surface area contributed by atoms with Crippen molar-refractivity contribution in [1.82, 2.24) is 9.97 Å². The molecule has 2 saturated heterocycles. The summed E-state index contributed by atoms with van der Waals surface area (Å²) in [4.78, 5) is 24.4. The van der Waals surface area contributed by atoms with E-state index in [1.807, 2.05) is 4.90 Å². The standard InChI is InChI=1S/C29H36F6N4O2/c1-3-6-19-12-15-38(16-13-19)25-18-26(37-27(36-25)29(33,34)35)39-14-5-8-22(39)23(40)9-4-7-20-10-11-21(28(30,31)32)17-24(20)41-2/h10-11,17-19,22H,3-9,12-16H2,1-2H3/t22-/m0/s1. The van der Waals surface area contributed by atoms with Crippen LogP contribution in [0.5, 0.6) is 5.75 Å². The van der Waals surface area contributed by atoms with Crippen molar-refractivity contribution < 1.29 is 35.9 Å². The third-order valence-corrected chi connectivity index (χ3v) is 7.99. The topological polar surface area (TPSA) is 58.6 Å². The van der Waals surface area contributed by atoms with Gasteiger partial charge in [0.1, 0.15) is 17.4 Å². The Morgan fingerprint density at radius 1 is 0.976 bits per heavy atom. The number of benzene rings is 1. The number of carbonyl (C=O) groups excluding carboxylic acids is 1. The van der Waals surface area contributed by atoms with E-state index in [4.69, 9.17) is 4.74 Å². The Hall–Kier alpha value is -3.05. The summed E-state index contributed by atoms with van der Waals surface area (Å²) in [5.74, 6) is -0.372. The highest BCUT2D eigenvalue weighted by molar-refractivity contribution is 5.87. The van der Waals surface area contributed by atoms with Gasteiger partial charge in [-0.25, -0.2) is 9.97 Å². The fraction of sp³-hybridized carbons (Fsp3) is 0.621. The van der Waals surface area contributed by atoms with Crippen LogP contribution in [0.2, 0.25) is 0 Å². The number of alkyl halides is 6. The minimum Gasteiger partial charge on any atom is -0.496 e. The number of ether oxygens (including phenoxy) is 1. The van der Waals surface area contributed by atoms with Gasteiger partial charge in [-0.2, -0.15) is 26.3 Å². The Kier molecular flexibility index (Phi) is 9.69. The lowest BCUT2D eigenvalue weighted by atomic mass is 9.92. The number of aryl methyl sites for hydroxylation is 1. The molecule has 0 amide bonds. The second-order valence-corrected chi connectivity index (χ2v) is 10.8. The lowest BCUT2D eigenvalue weighted by Gasteiger charge is -2.34. The summed E-state index contributed by atoms with van der Waals surface area (Å²) in [5.41, 5.74) is -0.266. The van der Waals surface area contributed by atoms with Gasteiger partial charge in [-0.05, 0) is 62.1 Å². The molecule has 0 radical (unpaired) electrons. The Bertz CT molecular complexity index is 1190. The number of hydrogen-bond acceptors (Lipinski definition) is 6. The molecule has 2 aliphatic rings. The first-order valence-corrected chi connectivity index (χ1v) is 14.2. The molecule has 3 heterocycles. The van der Waals surface area contributed by atoms with Crippen LogP contribution < -0.4 is 14.5 Å². The summed E-state index contributed by atoms with van der Waals surface area (Å²) >= 11 is 0. The molecule has 0 spiro atoms. The van der Waals surface area contributed by atoms with Gasteiger partial charge in [-0.15, -0.1) is 0 Å². The van der Waals surface area contributed by atoms with Crippen molar-refractivity contribution in [1.29, 1.82) is 0 Å². The molecule has 0 N–H and O–H groups in total. The number of rotatable bonds is 10. The molecule has 4 rings (SSSR count). The number of ketones is 1. The monoisotopic (exact) mass is 586 g/mol. The molecule has 0 saturated carbocycles. The molecule has 2 aliphatic heterocycles. The van der Waals surface area contributed by atoms with Crippen LogP contribution >= 0.6 is 0 Å². The molecule has 2 fully saturated rings. The first kappa shape index (κ1) is 30.9. The minimum absolute atomic E-state index is 0.0956. The van der Waals surface area contributed by atoms with E-state index in [-0.39, 0.29) is 29.6 Å². The van der Waals surface area contributed by atoms with Gasteiger partial charge in [-0.1, -0.05) is 25.8 Å². The van der Waals surface area contributed by atoms with Gasteiger partial charge in [0, 0.05) is 32.1 Å². The number of nitrogens with zero attached hydrogens (tertiary/aromatic N) is 4. The molecule has 1 atom stereocenters. The van der Waals surface area contributed by atoms with Crippen molar-refractivity contribution >= 4 is 17.4 Å². The van der Waals surface area contributed by atoms with Gasteiger partial charge in [0.15, 0.2) is 5.78 Å². The quantitative estimate of drug-likeness (QED) is 0.277. The molecular formula is C29H36F6N4O2. The van der Waals surface area contributed by atoms with Crippen LogP contribution in [-0.4, -0.2) is 48.5 Å². The Balaban J connectivity index is 1.46. The molecule has 226 valence electrons. The number of methoxy groups -OCH3 is 1. The lowest BCUT2D eigenvalue weighted by molar-refractivity contribution is -0.144. The summed E-state index contributed by atoms with van der Waals surface area (Å²) < 4.78 is 85.6. The number of aromatic nitrogens is 2. The maximum atomic E-state index is 13.8. The molecular weight excluding hydrogens is 550 g/mol. The smallest absolute Gasteiger partial charge is 0.451 e. The predicted octanol–water partition coefficient (Wildman–Crippen LogP) is 7.10. The molecule has 0 bridgehead atoms. The number of hydrogen-bond donors (Lipinski definition) is 0.